The summed E-state index contributed by atoms with van der Waals surface area (Å²) in [5.41, 5.74) is 6.23. The van der Waals surface area contributed by atoms with Crippen LogP contribution in [0, 0.1) is 0 Å². The number of amides is 1. The highest BCUT2D eigenvalue weighted by molar-refractivity contribution is 6.07. The van der Waals surface area contributed by atoms with E-state index in [0.717, 1.165) is 53.5 Å². The number of carbonyl (C=O) groups excluding carboxylic acids is 2. The summed E-state index contributed by atoms with van der Waals surface area (Å²) < 4.78 is 16.6. The van der Waals surface area contributed by atoms with Crippen LogP contribution in [0.25, 0.3) is 22.6 Å². The molecule has 5 rings (SSSR count). The molecular formula is C33H36N2O5. The van der Waals surface area contributed by atoms with Crippen molar-refractivity contribution in [2.24, 2.45) is 0 Å². The number of nitrogens with one attached hydrogen (secondary N) is 1. The summed E-state index contributed by atoms with van der Waals surface area (Å²) in [7, 11) is 3.22. The van der Waals surface area contributed by atoms with Crippen LogP contribution in [-0.2, 0) is 16.0 Å². The normalized spacial score (nSPS) is 16.3. The summed E-state index contributed by atoms with van der Waals surface area (Å²) in [5.74, 6) is 0.525. The predicted octanol–water partition coefficient (Wildman–Crippen LogP) is 6.29. The second kappa shape index (κ2) is 12.4. The van der Waals surface area contributed by atoms with E-state index in [0.29, 0.717) is 35.5 Å². The Hall–Kier alpha value is -4.13. The molecular weight excluding hydrogens is 504 g/mol. The minimum absolute atomic E-state index is 0.284. The van der Waals surface area contributed by atoms with E-state index in [-0.39, 0.29) is 5.91 Å². The molecule has 1 heterocycles. The van der Waals surface area contributed by atoms with E-state index in [2.05, 4.69) is 17.5 Å². The van der Waals surface area contributed by atoms with E-state index in [9.17, 15) is 9.59 Å². The van der Waals surface area contributed by atoms with Crippen LogP contribution in [0.1, 0.15) is 72.6 Å². The maximum Gasteiger partial charge on any atom is 0.339 e. The predicted molar refractivity (Wildman–Crippen MR) is 157 cm³/mol. The van der Waals surface area contributed by atoms with E-state index in [1.54, 1.807) is 21.1 Å². The molecule has 3 aromatic rings. The van der Waals surface area contributed by atoms with E-state index in [1.165, 1.54) is 18.4 Å². The SMILES string of the molecule is COc1ccc(/C=C2\CCc3c2nc2ccccc2c3C(=O)OC(C)C(=O)NCCC2=CCCCC2)cc1OC. The molecule has 0 fully saturated rings. The number of carbonyl (C=O) groups is 2. The van der Waals surface area contributed by atoms with Gasteiger partial charge in [-0.2, -0.15) is 0 Å². The van der Waals surface area contributed by atoms with Crippen LogP contribution < -0.4 is 14.8 Å². The highest BCUT2D eigenvalue weighted by atomic mass is 16.5. The number of esters is 1. The van der Waals surface area contributed by atoms with Gasteiger partial charge in [0.05, 0.1) is 31.0 Å². The zero-order valence-corrected chi connectivity index (χ0v) is 23.4. The first-order chi connectivity index (χ1) is 19.5. The van der Waals surface area contributed by atoms with Crippen LogP contribution >= 0.6 is 0 Å². The fourth-order valence-corrected chi connectivity index (χ4v) is 5.55. The fraction of sp³-hybridized carbons (Fsp3) is 0.364. The average Bonchev–Trinajstić information content (AvgIpc) is 3.37. The smallest absolute Gasteiger partial charge is 0.339 e. The molecule has 1 atom stereocenters. The van der Waals surface area contributed by atoms with Crippen LogP contribution in [0.15, 0.2) is 54.1 Å². The van der Waals surface area contributed by atoms with Crippen molar-refractivity contribution in [1.29, 1.82) is 0 Å². The maximum atomic E-state index is 13.6. The Morgan fingerprint density at radius 1 is 1.02 bits per heavy atom. The third-order valence-electron chi connectivity index (χ3n) is 7.68. The van der Waals surface area contributed by atoms with Gasteiger partial charge in [0.15, 0.2) is 17.6 Å². The number of rotatable bonds is 9. The lowest BCUT2D eigenvalue weighted by Gasteiger charge is -2.17. The fourth-order valence-electron chi connectivity index (χ4n) is 5.55. The minimum Gasteiger partial charge on any atom is -0.493 e. The van der Waals surface area contributed by atoms with Gasteiger partial charge in [0.1, 0.15) is 0 Å². The number of para-hydroxylation sites is 1. The van der Waals surface area contributed by atoms with E-state index in [1.807, 2.05) is 42.5 Å². The zero-order valence-electron chi connectivity index (χ0n) is 23.4. The third-order valence-corrected chi connectivity index (χ3v) is 7.68. The largest absolute Gasteiger partial charge is 0.493 e. The van der Waals surface area contributed by atoms with Crippen LogP contribution in [0.3, 0.4) is 0 Å². The maximum absolute atomic E-state index is 13.6. The molecule has 7 nitrogen and oxygen atoms in total. The number of hydrogen-bond acceptors (Lipinski definition) is 6. The minimum atomic E-state index is -0.904. The molecule has 0 saturated carbocycles. The highest BCUT2D eigenvalue weighted by Gasteiger charge is 2.29. The number of fused-ring (bicyclic) bond motifs is 2. The molecule has 2 aliphatic rings. The third kappa shape index (κ3) is 5.88. The Morgan fingerprint density at radius 3 is 2.62 bits per heavy atom. The van der Waals surface area contributed by atoms with E-state index < -0.39 is 12.1 Å². The first-order valence-electron chi connectivity index (χ1n) is 14.0. The molecule has 208 valence electrons. The number of hydrogen-bond donors (Lipinski definition) is 1. The second-order valence-electron chi connectivity index (χ2n) is 10.3. The van der Waals surface area contributed by atoms with Crippen molar-refractivity contribution >= 4 is 34.4 Å². The number of benzene rings is 2. The van der Waals surface area contributed by atoms with Gasteiger partial charge >= 0.3 is 5.97 Å². The van der Waals surface area contributed by atoms with Crippen molar-refractivity contribution in [3.63, 3.8) is 0 Å². The number of pyridine rings is 1. The van der Waals surface area contributed by atoms with Crippen molar-refractivity contribution in [2.45, 2.75) is 58.0 Å². The Bertz CT molecular complexity index is 1490. The molecule has 40 heavy (non-hydrogen) atoms. The zero-order chi connectivity index (χ0) is 28.1. The van der Waals surface area contributed by atoms with Crippen LogP contribution in [0.4, 0.5) is 0 Å². The monoisotopic (exact) mass is 540 g/mol. The van der Waals surface area contributed by atoms with Crippen molar-refractivity contribution in [3.8, 4) is 11.5 Å². The molecule has 2 aliphatic carbocycles. The topological polar surface area (TPSA) is 86.8 Å². The van der Waals surface area contributed by atoms with Gasteiger partial charge in [-0.3, -0.25) is 4.79 Å². The van der Waals surface area contributed by atoms with Crippen LogP contribution in [-0.4, -0.2) is 43.7 Å². The molecule has 2 aromatic carbocycles. The summed E-state index contributed by atoms with van der Waals surface area (Å²) in [4.78, 5) is 31.3. The standard InChI is InChI=1S/C33H36N2O5/c1-21(32(36)34-18-17-22-9-5-4-6-10-22)40-33(37)30-25-11-7-8-12-27(25)35-31-24(14-15-26(30)31)19-23-13-16-28(38-2)29(20-23)39-3/h7-9,11-13,16,19-21H,4-6,10,14-15,17-18H2,1-3H3,(H,34,36)/b24-19+. The number of ether oxygens (including phenoxy) is 3. The summed E-state index contributed by atoms with van der Waals surface area (Å²) in [5, 5.41) is 3.66. The van der Waals surface area contributed by atoms with Gasteiger partial charge in [0.2, 0.25) is 0 Å². The molecule has 0 aliphatic heterocycles. The first kappa shape index (κ1) is 27.4. The van der Waals surface area contributed by atoms with Gasteiger partial charge in [-0.25, -0.2) is 9.78 Å². The average molecular weight is 541 g/mol. The number of allylic oxidation sites excluding steroid dienone is 2. The van der Waals surface area contributed by atoms with E-state index in [4.69, 9.17) is 19.2 Å². The van der Waals surface area contributed by atoms with Crippen molar-refractivity contribution in [2.75, 3.05) is 20.8 Å². The van der Waals surface area contributed by atoms with Gasteiger partial charge in [0.25, 0.3) is 5.91 Å². The Balaban J connectivity index is 1.38. The van der Waals surface area contributed by atoms with Gasteiger partial charge in [-0.05, 0) is 92.8 Å². The quantitative estimate of drug-likeness (QED) is 0.254. The lowest BCUT2D eigenvalue weighted by Crippen LogP contribution is -2.36. The Kier molecular flexibility index (Phi) is 8.48. The molecule has 1 amide bonds. The van der Waals surface area contributed by atoms with Crippen molar-refractivity contribution in [1.82, 2.24) is 10.3 Å². The Morgan fingerprint density at radius 2 is 1.85 bits per heavy atom. The lowest BCUT2D eigenvalue weighted by molar-refractivity contribution is -0.129. The lowest BCUT2D eigenvalue weighted by atomic mass is 9.97. The number of methoxy groups -OCH3 is 2. The summed E-state index contributed by atoms with van der Waals surface area (Å²) >= 11 is 0. The molecule has 1 unspecified atom stereocenters. The summed E-state index contributed by atoms with van der Waals surface area (Å²) in [6, 6.07) is 13.3. The van der Waals surface area contributed by atoms with Crippen molar-refractivity contribution < 1.29 is 23.8 Å². The van der Waals surface area contributed by atoms with Gasteiger partial charge < -0.3 is 19.5 Å². The molecule has 0 radical (unpaired) electrons. The molecule has 0 saturated heterocycles. The molecule has 1 aromatic heterocycles. The summed E-state index contributed by atoms with van der Waals surface area (Å²) in [6.07, 6.45) is 10.3. The highest BCUT2D eigenvalue weighted by Crippen LogP contribution is 2.39. The number of aromatic nitrogens is 1. The molecule has 7 heteroatoms. The van der Waals surface area contributed by atoms with Gasteiger partial charge in [-0.15, -0.1) is 0 Å². The Labute approximate surface area is 235 Å². The van der Waals surface area contributed by atoms with Gasteiger partial charge in [-0.1, -0.05) is 35.9 Å². The molecule has 0 bridgehead atoms. The molecule has 0 spiro atoms. The van der Waals surface area contributed by atoms with Gasteiger partial charge in [0, 0.05) is 11.9 Å². The molecule has 1 N–H and O–H groups in total. The first-order valence-corrected chi connectivity index (χ1v) is 14.0. The van der Waals surface area contributed by atoms with Crippen LogP contribution in [0.5, 0.6) is 11.5 Å². The number of nitrogens with zero attached hydrogens (tertiary/aromatic N) is 1. The summed E-state index contributed by atoms with van der Waals surface area (Å²) in [6.45, 7) is 2.17. The van der Waals surface area contributed by atoms with Crippen LogP contribution in [0.2, 0.25) is 0 Å². The van der Waals surface area contributed by atoms with E-state index >= 15 is 0 Å². The van der Waals surface area contributed by atoms with Crippen molar-refractivity contribution in [3.05, 3.63) is 76.5 Å². The second-order valence-corrected chi connectivity index (χ2v) is 10.3.